The molecule has 278 valence electrons. The molecule has 0 aliphatic heterocycles. The second-order valence-electron chi connectivity index (χ2n) is 11.1. The predicted octanol–water partition coefficient (Wildman–Crippen LogP) is 3.63. The molecule has 4 atom stereocenters. The van der Waals surface area contributed by atoms with E-state index < -0.39 is 24.4 Å². The van der Waals surface area contributed by atoms with Gasteiger partial charge in [0.05, 0.1) is 90.0 Å². The number of aliphatic hydroxyl groups excluding tert-OH is 4. The summed E-state index contributed by atoms with van der Waals surface area (Å²) in [4.78, 5) is 0. The first-order valence-electron chi connectivity index (χ1n) is 16.6. The quantitative estimate of drug-likeness (QED) is 0.106. The molecular formula is C33H74O12. The summed E-state index contributed by atoms with van der Waals surface area (Å²) in [5.74, 6) is 0. The van der Waals surface area contributed by atoms with Crippen LogP contribution in [0.5, 0.6) is 0 Å². The first-order valence-corrected chi connectivity index (χ1v) is 16.6. The highest BCUT2D eigenvalue weighted by atomic mass is 16.5. The molecule has 0 aliphatic rings. The zero-order chi connectivity index (χ0) is 35.5. The molecule has 12 nitrogen and oxygen atoms in total. The first-order chi connectivity index (χ1) is 21.2. The highest BCUT2D eigenvalue weighted by molar-refractivity contribution is 4.80. The summed E-state index contributed by atoms with van der Waals surface area (Å²) in [6.45, 7) is 28.5. The van der Waals surface area contributed by atoms with E-state index >= 15 is 0 Å². The maximum absolute atomic E-state index is 9.46. The largest absolute Gasteiger partial charge is 0.390 e. The van der Waals surface area contributed by atoms with Crippen molar-refractivity contribution in [1.82, 2.24) is 0 Å². The third kappa shape index (κ3) is 48.0. The van der Waals surface area contributed by atoms with Crippen LogP contribution < -0.4 is 0 Å². The van der Waals surface area contributed by atoms with Crippen LogP contribution in [-0.4, -0.2) is 149 Å². The minimum atomic E-state index is -1.39. The Morgan fingerprint density at radius 2 is 0.822 bits per heavy atom. The van der Waals surface area contributed by atoms with Crippen LogP contribution in [0, 0.1) is 0 Å². The van der Waals surface area contributed by atoms with Crippen molar-refractivity contribution in [3.8, 4) is 0 Å². The molecule has 0 aromatic heterocycles. The van der Waals surface area contributed by atoms with Gasteiger partial charge in [-0.3, -0.25) is 0 Å². The van der Waals surface area contributed by atoms with Crippen LogP contribution >= 0.6 is 0 Å². The van der Waals surface area contributed by atoms with E-state index in [2.05, 4.69) is 6.92 Å². The third-order valence-corrected chi connectivity index (χ3v) is 5.18. The average Bonchev–Trinajstić information content (AvgIpc) is 2.99. The van der Waals surface area contributed by atoms with Gasteiger partial charge in [-0.15, -0.1) is 0 Å². The Bertz CT molecular complexity index is 524. The van der Waals surface area contributed by atoms with E-state index in [0.29, 0.717) is 64.4 Å². The lowest BCUT2D eigenvalue weighted by molar-refractivity contribution is -0.126. The van der Waals surface area contributed by atoms with Crippen molar-refractivity contribution in [3.05, 3.63) is 0 Å². The summed E-state index contributed by atoms with van der Waals surface area (Å²) in [5.41, 5.74) is 0. The fourth-order valence-electron chi connectivity index (χ4n) is 2.75. The molecule has 4 N–H and O–H groups in total. The van der Waals surface area contributed by atoms with Crippen LogP contribution in [0.25, 0.3) is 0 Å². The third-order valence-electron chi connectivity index (χ3n) is 5.18. The van der Waals surface area contributed by atoms with Crippen LogP contribution in [0.4, 0.5) is 0 Å². The highest BCUT2D eigenvalue weighted by Gasteiger charge is 2.29. The van der Waals surface area contributed by atoms with Gasteiger partial charge in [0, 0.05) is 20.3 Å². The van der Waals surface area contributed by atoms with Gasteiger partial charge in [0.15, 0.2) is 0 Å². The monoisotopic (exact) mass is 663 g/mol. The number of hydrogen-bond acceptors (Lipinski definition) is 12. The minimum absolute atomic E-state index is 0.0555. The van der Waals surface area contributed by atoms with Crippen molar-refractivity contribution < 1.29 is 58.3 Å². The van der Waals surface area contributed by atoms with E-state index in [-0.39, 0.29) is 12.7 Å². The van der Waals surface area contributed by atoms with E-state index in [9.17, 15) is 20.4 Å². The van der Waals surface area contributed by atoms with Gasteiger partial charge < -0.3 is 58.3 Å². The number of methoxy groups -OCH3 is 1. The van der Waals surface area contributed by atoms with Gasteiger partial charge in [-0.25, -0.2) is 0 Å². The van der Waals surface area contributed by atoms with E-state index in [1.807, 2.05) is 48.5 Å². The summed E-state index contributed by atoms with van der Waals surface area (Å²) in [7, 11) is 1.66. The van der Waals surface area contributed by atoms with Gasteiger partial charge in [0.1, 0.15) is 18.3 Å². The van der Waals surface area contributed by atoms with Crippen molar-refractivity contribution in [3.63, 3.8) is 0 Å². The van der Waals surface area contributed by atoms with Gasteiger partial charge in [0.25, 0.3) is 0 Å². The molecule has 0 amide bonds. The van der Waals surface area contributed by atoms with Gasteiger partial charge in [-0.05, 0) is 75.2 Å². The Kier molecular flexibility index (Phi) is 45.3. The average molecular weight is 663 g/mol. The Hall–Kier alpha value is -0.480. The molecule has 0 aromatic rings. The molecule has 0 bridgehead atoms. The van der Waals surface area contributed by atoms with Crippen molar-refractivity contribution >= 4 is 0 Å². The lowest BCUT2D eigenvalue weighted by Crippen LogP contribution is -2.46. The summed E-state index contributed by atoms with van der Waals surface area (Å²) >= 11 is 0. The molecule has 0 heterocycles. The van der Waals surface area contributed by atoms with E-state index in [4.69, 9.17) is 37.9 Å². The second-order valence-corrected chi connectivity index (χ2v) is 11.1. The van der Waals surface area contributed by atoms with Crippen LogP contribution in [0.1, 0.15) is 89.0 Å². The molecule has 4 unspecified atom stereocenters. The summed E-state index contributed by atoms with van der Waals surface area (Å²) in [6.07, 6.45) is -2.67. The maximum atomic E-state index is 9.46. The molecule has 0 rings (SSSR count). The minimum Gasteiger partial charge on any atom is -0.390 e. The second kappa shape index (κ2) is 39.7. The summed E-state index contributed by atoms with van der Waals surface area (Å²) in [5, 5.41) is 37.6. The molecule has 0 saturated carbocycles. The predicted molar refractivity (Wildman–Crippen MR) is 179 cm³/mol. The topological polar surface area (TPSA) is 155 Å². The normalized spacial score (nSPS) is 13.9. The number of aliphatic hydroxyl groups is 4. The SMILES string of the molecule is CCC(O)C(O)C(O)C(O)COC(C)C.CCCOCCOC(C)C.CCOCCOC(C)C.COCCOCCOC(C)C. The number of ether oxygens (including phenoxy) is 8. The van der Waals surface area contributed by atoms with Crippen molar-refractivity contribution in [2.24, 2.45) is 0 Å². The van der Waals surface area contributed by atoms with Gasteiger partial charge in [-0.2, -0.15) is 0 Å². The van der Waals surface area contributed by atoms with Crippen molar-refractivity contribution in [1.29, 1.82) is 0 Å². The van der Waals surface area contributed by atoms with Gasteiger partial charge in [0.2, 0.25) is 0 Å². The lowest BCUT2D eigenvalue weighted by Gasteiger charge is -2.26. The van der Waals surface area contributed by atoms with E-state index in [1.165, 1.54) is 0 Å². The zero-order valence-corrected chi connectivity index (χ0v) is 30.9. The fraction of sp³-hybridized carbons (Fsp3) is 1.00. The Balaban J connectivity index is -0.000000254. The van der Waals surface area contributed by atoms with Crippen molar-refractivity contribution in [2.75, 3.05) is 79.8 Å². The molecule has 0 aromatic carbocycles. The highest BCUT2D eigenvalue weighted by Crippen LogP contribution is 2.08. The van der Waals surface area contributed by atoms with E-state index in [0.717, 1.165) is 32.8 Å². The Labute approximate surface area is 276 Å². The first kappa shape index (κ1) is 51.4. The molecule has 0 radical (unpaired) electrons. The number of rotatable bonds is 25. The smallest absolute Gasteiger partial charge is 0.110 e. The molecule has 0 saturated heterocycles. The lowest BCUT2D eigenvalue weighted by atomic mass is 10.0. The zero-order valence-electron chi connectivity index (χ0n) is 30.9. The molecule has 0 fully saturated rings. The molecule has 12 heteroatoms. The van der Waals surface area contributed by atoms with Gasteiger partial charge in [-0.1, -0.05) is 13.8 Å². The van der Waals surface area contributed by atoms with Gasteiger partial charge >= 0.3 is 0 Å². The van der Waals surface area contributed by atoms with Crippen LogP contribution in [0.2, 0.25) is 0 Å². The number of hydrogen-bond donors (Lipinski definition) is 4. The Morgan fingerprint density at radius 1 is 0.444 bits per heavy atom. The maximum Gasteiger partial charge on any atom is 0.110 e. The van der Waals surface area contributed by atoms with E-state index in [1.54, 1.807) is 27.9 Å². The molecule has 0 aliphatic carbocycles. The fourth-order valence-corrected chi connectivity index (χ4v) is 2.75. The molecule has 0 spiro atoms. The summed E-state index contributed by atoms with van der Waals surface area (Å²) in [6, 6.07) is 0. The molecular weight excluding hydrogens is 588 g/mol. The standard InChI is InChI=1S/C10H22O5.C8H18O3.C8H18O2.C7H16O2/c1-4-7(11)9(13)10(14)8(12)5-15-6(2)3;1-8(2)11-7-6-10-5-4-9-3;1-4-5-9-6-7-10-8(2)3;1-4-8-5-6-9-7(2)3/h6-14H,4-5H2,1-3H3;8H,4-7H2,1-3H3;8H,4-7H2,1-3H3;7H,4-6H2,1-3H3. The Morgan fingerprint density at radius 3 is 1.18 bits per heavy atom. The van der Waals surface area contributed by atoms with Crippen molar-refractivity contribution in [2.45, 2.75) is 138 Å². The van der Waals surface area contributed by atoms with Crippen LogP contribution in [0.3, 0.4) is 0 Å². The summed E-state index contributed by atoms with van der Waals surface area (Å²) < 4.78 is 41.1. The molecule has 45 heavy (non-hydrogen) atoms. The van der Waals surface area contributed by atoms with Crippen LogP contribution in [-0.2, 0) is 37.9 Å². The van der Waals surface area contributed by atoms with Crippen LogP contribution in [0.15, 0.2) is 0 Å².